The monoisotopic (exact) mass is 469 g/mol. The van der Waals surface area contributed by atoms with Crippen LogP contribution in [0.5, 0.6) is 0 Å². The highest BCUT2D eigenvalue weighted by molar-refractivity contribution is 7.99. The topological polar surface area (TPSA) is 135 Å². The van der Waals surface area contributed by atoms with Gasteiger partial charge in [0, 0.05) is 37.4 Å². The number of aromatic nitrogens is 4. The van der Waals surface area contributed by atoms with Crippen molar-refractivity contribution in [3.8, 4) is 0 Å². The zero-order valence-electron chi connectivity index (χ0n) is 17.9. The van der Waals surface area contributed by atoms with E-state index in [-0.39, 0.29) is 29.5 Å². The Bertz CT molecular complexity index is 1110. The Hall–Kier alpha value is -3.67. The summed E-state index contributed by atoms with van der Waals surface area (Å²) in [6.07, 6.45) is 4.29. The predicted octanol–water partition coefficient (Wildman–Crippen LogP) is 1.57. The maximum atomic E-state index is 12.6. The number of hydrogen-bond donors (Lipinski definition) is 2. The van der Waals surface area contributed by atoms with E-state index in [2.05, 4.69) is 26.2 Å². The van der Waals surface area contributed by atoms with Crippen molar-refractivity contribution in [3.63, 3.8) is 0 Å². The molecule has 1 aromatic carbocycles. The number of likely N-dealkylation sites (tertiary alicyclic amines) is 1. The van der Waals surface area contributed by atoms with Crippen molar-refractivity contribution in [1.29, 1.82) is 0 Å². The predicted molar refractivity (Wildman–Crippen MR) is 120 cm³/mol. The Kier molecular flexibility index (Phi) is 7.03. The maximum Gasteiger partial charge on any atom is 0.257 e. The van der Waals surface area contributed by atoms with Gasteiger partial charge in [0.05, 0.1) is 17.6 Å². The number of rotatable bonds is 7. The van der Waals surface area contributed by atoms with Crippen molar-refractivity contribution in [2.45, 2.75) is 24.0 Å². The van der Waals surface area contributed by atoms with Crippen LogP contribution in [0, 0.1) is 0 Å². The van der Waals surface area contributed by atoms with Gasteiger partial charge in [-0.05, 0) is 53.6 Å². The average molecular weight is 470 g/mol. The quantitative estimate of drug-likeness (QED) is 0.498. The van der Waals surface area contributed by atoms with Gasteiger partial charge < -0.3 is 20.0 Å². The molecule has 12 heteroatoms. The molecule has 172 valence electrons. The number of furan rings is 1. The standard InChI is InChI=1S/C21H23N7O4S/c1-27-21(24-25-26-27)33-13-18(29)22-16-4-2-14(3-5-16)19(30)23-17-6-9-28(10-7-17)20(31)15-8-11-32-12-15/h2-5,8,11-12,17H,6-7,9-10,13H2,1H3,(H,22,29)(H,23,30). The normalized spacial score (nSPS) is 14.2. The summed E-state index contributed by atoms with van der Waals surface area (Å²) < 4.78 is 6.47. The van der Waals surface area contributed by atoms with Crippen LogP contribution in [0.15, 0.2) is 52.4 Å². The van der Waals surface area contributed by atoms with Crippen molar-refractivity contribution in [2.24, 2.45) is 7.05 Å². The lowest BCUT2D eigenvalue weighted by atomic mass is 10.0. The third kappa shape index (κ3) is 5.77. The molecule has 3 amide bonds. The lowest BCUT2D eigenvalue weighted by molar-refractivity contribution is -0.113. The van der Waals surface area contributed by atoms with Gasteiger partial charge in [-0.2, -0.15) is 0 Å². The molecular weight excluding hydrogens is 446 g/mol. The summed E-state index contributed by atoms with van der Waals surface area (Å²) in [6.45, 7) is 1.14. The van der Waals surface area contributed by atoms with Crippen molar-refractivity contribution >= 4 is 35.2 Å². The Labute approximate surface area is 193 Å². The van der Waals surface area contributed by atoms with E-state index in [1.807, 2.05) is 0 Å². The molecule has 4 rings (SSSR count). The highest BCUT2D eigenvalue weighted by Crippen LogP contribution is 2.17. The number of carbonyl (C=O) groups is 3. The minimum atomic E-state index is -0.197. The molecule has 0 bridgehead atoms. The maximum absolute atomic E-state index is 12.6. The Morgan fingerprint density at radius 1 is 1.12 bits per heavy atom. The Balaban J connectivity index is 1.22. The first-order chi connectivity index (χ1) is 16.0. The smallest absolute Gasteiger partial charge is 0.257 e. The second-order valence-corrected chi connectivity index (χ2v) is 8.49. The minimum Gasteiger partial charge on any atom is -0.472 e. The summed E-state index contributed by atoms with van der Waals surface area (Å²) in [5.74, 6) is -0.273. The molecule has 1 aliphatic rings. The second-order valence-electron chi connectivity index (χ2n) is 7.55. The van der Waals surface area contributed by atoms with Crippen LogP contribution in [0.4, 0.5) is 5.69 Å². The van der Waals surface area contributed by atoms with Crippen LogP contribution in [0.2, 0.25) is 0 Å². The van der Waals surface area contributed by atoms with E-state index >= 15 is 0 Å². The molecule has 0 unspecified atom stereocenters. The van der Waals surface area contributed by atoms with Crippen LogP contribution in [0.1, 0.15) is 33.6 Å². The molecule has 11 nitrogen and oxygen atoms in total. The fourth-order valence-corrected chi connectivity index (χ4v) is 4.09. The molecule has 3 aromatic rings. The van der Waals surface area contributed by atoms with E-state index < -0.39 is 0 Å². The number of thioether (sulfide) groups is 1. The van der Waals surface area contributed by atoms with Crippen LogP contribution in [0.25, 0.3) is 0 Å². The van der Waals surface area contributed by atoms with Gasteiger partial charge in [-0.3, -0.25) is 14.4 Å². The van der Waals surface area contributed by atoms with Gasteiger partial charge in [0.25, 0.3) is 11.8 Å². The Morgan fingerprint density at radius 3 is 2.52 bits per heavy atom. The number of nitrogens with zero attached hydrogens (tertiary/aromatic N) is 5. The summed E-state index contributed by atoms with van der Waals surface area (Å²) in [7, 11) is 1.70. The molecule has 0 radical (unpaired) electrons. The highest BCUT2D eigenvalue weighted by atomic mass is 32.2. The van der Waals surface area contributed by atoms with E-state index in [0.717, 1.165) is 0 Å². The van der Waals surface area contributed by atoms with Gasteiger partial charge >= 0.3 is 0 Å². The zero-order chi connectivity index (χ0) is 23.2. The number of piperidine rings is 1. The largest absolute Gasteiger partial charge is 0.472 e. The van der Waals surface area contributed by atoms with Crippen molar-refractivity contribution in [3.05, 3.63) is 54.0 Å². The molecule has 0 aliphatic carbocycles. The van der Waals surface area contributed by atoms with E-state index in [1.54, 1.807) is 42.3 Å². The van der Waals surface area contributed by atoms with Gasteiger partial charge in [0.1, 0.15) is 6.26 Å². The van der Waals surface area contributed by atoms with Crippen molar-refractivity contribution in [2.75, 3.05) is 24.2 Å². The summed E-state index contributed by atoms with van der Waals surface area (Å²) >= 11 is 1.23. The molecule has 2 N–H and O–H groups in total. The molecule has 1 saturated heterocycles. The summed E-state index contributed by atoms with van der Waals surface area (Å²) in [6, 6.07) is 8.36. The number of tetrazole rings is 1. The SMILES string of the molecule is Cn1nnnc1SCC(=O)Nc1ccc(C(=O)NC2CCN(C(=O)c3ccoc3)CC2)cc1. The van der Waals surface area contributed by atoms with Gasteiger partial charge in [-0.25, -0.2) is 4.68 Å². The van der Waals surface area contributed by atoms with Gasteiger partial charge in [-0.1, -0.05) is 11.8 Å². The zero-order valence-corrected chi connectivity index (χ0v) is 18.7. The van der Waals surface area contributed by atoms with Gasteiger partial charge in [0.15, 0.2) is 0 Å². The van der Waals surface area contributed by atoms with Crippen LogP contribution in [-0.2, 0) is 11.8 Å². The first kappa shape index (κ1) is 22.5. The summed E-state index contributed by atoms with van der Waals surface area (Å²) in [5.41, 5.74) is 1.64. The molecular formula is C21H23N7O4S. The first-order valence-corrected chi connectivity index (χ1v) is 11.4. The van der Waals surface area contributed by atoms with Gasteiger partial charge in [0.2, 0.25) is 11.1 Å². The van der Waals surface area contributed by atoms with Crippen LogP contribution >= 0.6 is 11.8 Å². The van der Waals surface area contributed by atoms with E-state index in [1.165, 1.54) is 29.0 Å². The van der Waals surface area contributed by atoms with E-state index in [4.69, 9.17) is 4.42 Å². The first-order valence-electron chi connectivity index (χ1n) is 10.4. The highest BCUT2D eigenvalue weighted by Gasteiger charge is 2.25. The lowest BCUT2D eigenvalue weighted by Crippen LogP contribution is -2.46. The molecule has 1 aliphatic heterocycles. The number of anilines is 1. The second kappa shape index (κ2) is 10.3. The van der Waals surface area contributed by atoms with Crippen LogP contribution in [-0.4, -0.2) is 67.7 Å². The van der Waals surface area contributed by atoms with Gasteiger partial charge in [-0.15, -0.1) is 5.10 Å². The number of hydrogen-bond acceptors (Lipinski definition) is 8. The van der Waals surface area contributed by atoms with E-state index in [9.17, 15) is 14.4 Å². The number of nitrogens with one attached hydrogen (secondary N) is 2. The lowest BCUT2D eigenvalue weighted by Gasteiger charge is -2.32. The number of carbonyl (C=O) groups excluding carboxylic acids is 3. The summed E-state index contributed by atoms with van der Waals surface area (Å²) in [4.78, 5) is 38.9. The molecule has 2 aromatic heterocycles. The molecule has 33 heavy (non-hydrogen) atoms. The summed E-state index contributed by atoms with van der Waals surface area (Å²) in [5, 5.41) is 17.4. The minimum absolute atomic E-state index is 0.00240. The molecule has 3 heterocycles. The average Bonchev–Trinajstić information content (AvgIpc) is 3.50. The Morgan fingerprint density at radius 2 is 1.88 bits per heavy atom. The molecule has 0 spiro atoms. The molecule has 1 fully saturated rings. The third-order valence-corrected chi connectivity index (χ3v) is 6.24. The number of aryl methyl sites for hydroxylation is 1. The fourth-order valence-electron chi connectivity index (χ4n) is 3.44. The number of amides is 3. The molecule has 0 saturated carbocycles. The van der Waals surface area contributed by atoms with Crippen molar-refractivity contribution < 1.29 is 18.8 Å². The molecule has 0 atom stereocenters. The third-order valence-electron chi connectivity index (χ3n) is 5.23. The fraction of sp³-hybridized carbons (Fsp3) is 0.333. The van der Waals surface area contributed by atoms with E-state index in [0.29, 0.717) is 47.9 Å². The van der Waals surface area contributed by atoms with Crippen molar-refractivity contribution in [1.82, 2.24) is 30.4 Å². The number of benzene rings is 1. The van der Waals surface area contributed by atoms with Crippen LogP contribution in [0.3, 0.4) is 0 Å². The van der Waals surface area contributed by atoms with Crippen LogP contribution < -0.4 is 10.6 Å².